The summed E-state index contributed by atoms with van der Waals surface area (Å²) in [6, 6.07) is 12.9. The molecule has 90 valence electrons. The van der Waals surface area contributed by atoms with Crippen molar-refractivity contribution in [2.24, 2.45) is 0 Å². The van der Waals surface area contributed by atoms with Crippen LogP contribution in [0, 0.1) is 18.3 Å². The Balaban J connectivity index is 2.28. The van der Waals surface area contributed by atoms with Gasteiger partial charge in [-0.3, -0.25) is 0 Å². The minimum absolute atomic E-state index is 0.593. The molecule has 2 aromatic carbocycles. The molecule has 3 N–H and O–H groups in total. The third-order valence-electron chi connectivity index (χ3n) is 2.62. The quantitative estimate of drug-likeness (QED) is 0.804. The van der Waals surface area contributed by atoms with Crippen LogP contribution in [0.25, 0.3) is 0 Å². The molecule has 0 spiro atoms. The fourth-order valence-electron chi connectivity index (χ4n) is 1.59. The van der Waals surface area contributed by atoms with E-state index < -0.39 is 0 Å². The van der Waals surface area contributed by atoms with Crippen LogP contribution in [0.5, 0.6) is 0 Å². The highest BCUT2D eigenvalue weighted by molar-refractivity contribution is 6.31. The average Bonchev–Trinajstić information content (AvgIpc) is 2.37. The number of hydrogen-bond acceptors (Lipinski definition) is 3. The fourth-order valence-corrected chi connectivity index (χ4v) is 1.76. The standard InChI is InChI=1S/C14H12ClN3/c1-9-6-14(13(17)7-12(9)15)18-11-4-2-10(8-16)3-5-11/h2-7,18H,17H2,1H3. The lowest BCUT2D eigenvalue weighted by molar-refractivity contribution is 1.44. The number of anilines is 3. The van der Waals surface area contributed by atoms with Crippen molar-refractivity contribution in [1.29, 1.82) is 5.26 Å². The van der Waals surface area contributed by atoms with Gasteiger partial charge in [0.1, 0.15) is 0 Å². The zero-order valence-electron chi connectivity index (χ0n) is 9.87. The van der Waals surface area contributed by atoms with Crippen LogP contribution < -0.4 is 11.1 Å². The first-order chi connectivity index (χ1) is 8.60. The second-order valence-electron chi connectivity index (χ2n) is 4.00. The Kier molecular flexibility index (Phi) is 3.40. The Morgan fingerprint density at radius 1 is 1.22 bits per heavy atom. The van der Waals surface area contributed by atoms with E-state index in [9.17, 15) is 0 Å². The lowest BCUT2D eigenvalue weighted by atomic mass is 10.1. The summed E-state index contributed by atoms with van der Waals surface area (Å²) in [5, 5.41) is 12.6. The number of halogens is 1. The number of hydrogen-bond donors (Lipinski definition) is 2. The highest BCUT2D eigenvalue weighted by atomic mass is 35.5. The molecule has 0 fully saturated rings. The van der Waals surface area contributed by atoms with Crippen molar-refractivity contribution in [1.82, 2.24) is 0 Å². The smallest absolute Gasteiger partial charge is 0.0991 e. The van der Waals surface area contributed by atoms with Gasteiger partial charge < -0.3 is 11.1 Å². The van der Waals surface area contributed by atoms with E-state index in [1.807, 2.05) is 25.1 Å². The number of nitriles is 1. The predicted molar refractivity (Wildman–Crippen MR) is 75.0 cm³/mol. The molecule has 2 rings (SSSR count). The van der Waals surface area contributed by atoms with Crippen molar-refractivity contribution < 1.29 is 0 Å². The molecule has 0 saturated carbocycles. The van der Waals surface area contributed by atoms with Crippen molar-refractivity contribution in [2.75, 3.05) is 11.1 Å². The van der Waals surface area contributed by atoms with Crippen LogP contribution in [0.1, 0.15) is 11.1 Å². The molecule has 0 bridgehead atoms. The van der Waals surface area contributed by atoms with Crippen molar-refractivity contribution in [3.05, 3.63) is 52.5 Å². The number of benzene rings is 2. The first kappa shape index (κ1) is 12.3. The molecule has 0 aliphatic rings. The zero-order valence-corrected chi connectivity index (χ0v) is 10.6. The Labute approximate surface area is 111 Å². The summed E-state index contributed by atoms with van der Waals surface area (Å²) < 4.78 is 0. The number of nitrogens with one attached hydrogen (secondary N) is 1. The van der Waals surface area contributed by atoms with Crippen molar-refractivity contribution in [3.63, 3.8) is 0 Å². The maximum Gasteiger partial charge on any atom is 0.0991 e. The van der Waals surface area contributed by atoms with Gasteiger partial charge in [-0.05, 0) is 48.9 Å². The first-order valence-corrected chi connectivity index (χ1v) is 5.81. The van der Waals surface area contributed by atoms with E-state index in [2.05, 4.69) is 11.4 Å². The summed E-state index contributed by atoms with van der Waals surface area (Å²) >= 11 is 5.98. The van der Waals surface area contributed by atoms with Crippen molar-refractivity contribution in [3.8, 4) is 6.07 Å². The molecule has 3 nitrogen and oxygen atoms in total. The Morgan fingerprint density at radius 3 is 2.50 bits per heavy atom. The van der Waals surface area contributed by atoms with E-state index >= 15 is 0 Å². The normalized spacial score (nSPS) is 9.83. The number of aryl methyl sites for hydroxylation is 1. The third-order valence-corrected chi connectivity index (χ3v) is 3.03. The lowest BCUT2D eigenvalue weighted by Crippen LogP contribution is -1.97. The first-order valence-electron chi connectivity index (χ1n) is 5.43. The van der Waals surface area contributed by atoms with Crippen LogP contribution in [-0.2, 0) is 0 Å². The molecule has 0 aliphatic heterocycles. The fraction of sp³-hybridized carbons (Fsp3) is 0.0714. The van der Waals surface area contributed by atoms with Gasteiger partial charge >= 0.3 is 0 Å². The summed E-state index contributed by atoms with van der Waals surface area (Å²) in [5.74, 6) is 0. The molecule has 0 unspecified atom stereocenters. The molecule has 0 atom stereocenters. The number of rotatable bonds is 2. The lowest BCUT2D eigenvalue weighted by Gasteiger charge is -2.11. The number of nitrogen functional groups attached to an aromatic ring is 1. The summed E-state index contributed by atoms with van der Waals surface area (Å²) in [6.45, 7) is 1.92. The van der Waals surface area contributed by atoms with E-state index in [1.54, 1.807) is 18.2 Å². The minimum atomic E-state index is 0.593. The highest BCUT2D eigenvalue weighted by Gasteiger charge is 2.04. The molecule has 0 radical (unpaired) electrons. The Bertz CT molecular complexity index is 612. The molecule has 0 aromatic heterocycles. The summed E-state index contributed by atoms with van der Waals surface area (Å²) in [6.07, 6.45) is 0. The monoisotopic (exact) mass is 257 g/mol. The van der Waals surface area contributed by atoms with Crippen LogP contribution in [0.15, 0.2) is 36.4 Å². The van der Waals surface area contributed by atoms with Gasteiger partial charge in [0, 0.05) is 10.7 Å². The van der Waals surface area contributed by atoms with Crippen LogP contribution >= 0.6 is 11.6 Å². The van der Waals surface area contributed by atoms with Gasteiger partial charge in [0.05, 0.1) is 23.0 Å². The average molecular weight is 258 g/mol. The SMILES string of the molecule is Cc1cc(Nc2ccc(C#N)cc2)c(N)cc1Cl. The van der Waals surface area contributed by atoms with Gasteiger partial charge in [-0.2, -0.15) is 5.26 Å². The van der Waals surface area contributed by atoms with E-state index in [0.717, 1.165) is 16.9 Å². The molecule has 0 amide bonds. The van der Waals surface area contributed by atoms with E-state index in [4.69, 9.17) is 22.6 Å². The zero-order chi connectivity index (χ0) is 13.1. The molecular formula is C14H12ClN3. The van der Waals surface area contributed by atoms with E-state index in [0.29, 0.717) is 16.3 Å². The van der Waals surface area contributed by atoms with Crippen molar-refractivity contribution >= 4 is 28.7 Å². The Hall–Kier alpha value is -2.18. The topological polar surface area (TPSA) is 61.8 Å². The largest absolute Gasteiger partial charge is 0.397 e. The van der Waals surface area contributed by atoms with Crippen LogP contribution in [-0.4, -0.2) is 0 Å². The maximum absolute atomic E-state index is 8.72. The van der Waals surface area contributed by atoms with Gasteiger partial charge in [0.25, 0.3) is 0 Å². The summed E-state index contributed by atoms with van der Waals surface area (Å²) in [7, 11) is 0. The van der Waals surface area contributed by atoms with E-state index in [1.165, 1.54) is 0 Å². The second kappa shape index (κ2) is 4.99. The minimum Gasteiger partial charge on any atom is -0.397 e. The van der Waals surface area contributed by atoms with E-state index in [-0.39, 0.29) is 0 Å². The molecular weight excluding hydrogens is 246 g/mol. The Morgan fingerprint density at radius 2 is 1.89 bits per heavy atom. The molecule has 0 heterocycles. The van der Waals surface area contributed by atoms with Crippen LogP contribution in [0.3, 0.4) is 0 Å². The number of nitrogens with two attached hydrogens (primary N) is 1. The van der Waals surface area contributed by atoms with Gasteiger partial charge in [-0.25, -0.2) is 0 Å². The van der Waals surface area contributed by atoms with Gasteiger partial charge in [-0.1, -0.05) is 11.6 Å². The maximum atomic E-state index is 8.72. The van der Waals surface area contributed by atoms with Gasteiger partial charge in [-0.15, -0.1) is 0 Å². The summed E-state index contributed by atoms with van der Waals surface area (Å²) in [5.41, 5.74) is 9.76. The predicted octanol–water partition coefficient (Wildman–Crippen LogP) is 3.85. The molecule has 0 aliphatic carbocycles. The highest BCUT2D eigenvalue weighted by Crippen LogP contribution is 2.29. The van der Waals surface area contributed by atoms with Crippen LogP contribution in [0.4, 0.5) is 17.1 Å². The third kappa shape index (κ3) is 2.55. The second-order valence-corrected chi connectivity index (χ2v) is 4.41. The van der Waals surface area contributed by atoms with Crippen LogP contribution in [0.2, 0.25) is 5.02 Å². The van der Waals surface area contributed by atoms with Crippen molar-refractivity contribution in [2.45, 2.75) is 6.92 Å². The molecule has 2 aromatic rings. The molecule has 0 saturated heterocycles. The molecule has 4 heteroatoms. The number of nitrogens with zero attached hydrogens (tertiary/aromatic N) is 1. The van der Waals surface area contributed by atoms with Gasteiger partial charge in [0.15, 0.2) is 0 Å². The van der Waals surface area contributed by atoms with Gasteiger partial charge in [0.2, 0.25) is 0 Å². The summed E-state index contributed by atoms with van der Waals surface area (Å²) in [4.78, 5) is 0. The molecule has 18 heavy (non-hydrogen) atoms.